The smallest absolute Gasteiger partial charge is 0.245 e. The Bertz CT molecular complexity index is 696. The second-order valence-corrected chi connectivity index (χ2v) is 6.92. The fourth-order valence-electron chi connectivity index (χ4n) is 3.50. The van der Waals surface area contributed by atoms with Gasteiger partial charge in [-0.15, -0.1) is 10.2 Å². The summed E-state index contributed by atoms with van der Waals surface area (Å²) < 4.78 is 3.98. The minimum atomic E-state index is -0.212. The van der Waals surface area contributed by atoms with Crippen molar-refractivity contribution < 1.29 is 4.79 Å². The average Bonchev–Trinajstić information content (AvgIpc) is 3.22. The molecule has 3 heterocycles. The predicted molar refractivity (Wildman–Crippen MR) is 90.6 cm³/mol. The number of hydrogen-bond acceptors (Lipinski definition) is 4. The van der Waals surface area contributed by atoms with Crippen LogP contribution in [0.3, 0.4) is 0 Å². The number of nitrogens with zero attached hydrogens (tertiary/aromatic N) is 6. The van der Waals surface area contributed by atoms with Gasteiger partial charge in [-0.05, 0) is 19.8 Å². The number of amides is 1. The zero-order valence-corrected chi connectivity index (χ0v) is 14.9. The van der Waals surface area contributed by atoms with Gasteiger partial charge < -0.3 is 14.0 Å². The minimum Gasteiger partial charge on any atom is -0.341 e. The molecule has 7 nitrogen and oxygen atoms in total. The van der Waals surface area contributed by atoms with Gasteiger partial charge in [0, 0.05) is 44.4 Å². The third-order valence-corrected chi connectivity index (χ3v) is 4.91. The number of rotatable bonds is 4. The van der Waals surface area contributed by atoms with E-state index in [9.17, 15) is 4.79 Å². The molecule has 3 rings (SSSR count). The number of aromatic nitrogens is 5. The summed E-state index contributed by atoms with van der Waals surface area (Å²) in [5.74, 6) is 2.84. The molecule has 1 saturated heterocycles. The Morgan fingerprint density at radius 3 is 2.54 bits per heavy atom. The first-order chi connectivity index (χ1) is 11.5. The quantitative estimate of drug-likeness (QED) is 0.861. The lowest BCUT2D eigenvalue weighted by Gasteiger charge is -2.33. The Morgan fingerprint density at radius 2 is 1.96 bits per heavy atom. The molecule has 1 amide bonds. The van der Waals surface area contributed by atoms with Gasteiger partial charge in [0.05, 0.1) is 0 Å². The molecule has 0 aromatic carbocycles. The number of aryl methyl sites for hydroxylation is 1. The van der Waals surface area contributed by atoms with Crippen LogP contribution in [0.1, 0.15) is 63.1 Å². The van der Waals surface area contributed by atoms with E-state index in [1.54, 1.807) is 12.5 Å². The molecule has 0 radical (unpaired) electrons. The maximum Gasteiger partial charge on any atom is 0.245 e. The van der Waals surface area contributed by atoms with Crippen LogP contribution in [-0.4, -0.2) is 48.2 Å². The molecule has 7 heteroatoms. The van der Waals surface area contributed by atoms with E-state index in [0.717, 1.165) is 37.6 Å². The molecule has 2 aromatic rings. The molecule has 1 atom stereocenters. The monoisotopic (exact) mass is 330 g/mol. The molecular formula is C17H26N6O. The lowest BCUT2D eigenvalue weighted by molar-refractivity contribution is -0.135. The van der Waals surface area contributed by atoms with Crippen molar-refractivity contribution in [2.45, 2.75) is 51.5 Å². The van der Waals surface area contributed by atoms with E-state index in [1.165, 1.54) is 0 Å². The highest BCUT2D eigenvalue weighted by Gasteiger charge is 2.30. The van der Waals surface area contributed by atoms with Gasteiger partial charge in [-0.2, -0.15) is 0 Å². The van der Waals surface area contributed by atoms with Crippen molar-refractivity contribution >= 4 is 5.91 Å². The number of carbonyl (C=O) groups is 1. The van der Waals surface area contributed by atoms with Gasteiger partial charge in [0.1, 0.15) is 24.0 Å². The normalized spacial score (nSPS) is 17.5. The van der Waals surface area contributed by atoms with Crippen LogP contribution >= 0.6 is 0 Å². The van der Waals surface area contributed by atoms with Crippen LogP contribution in [0.25, 0.3) is 0 Å². The van der Waals surface area contributed by atoms with Gasteiger partial charge in [-0.3, -0.25) is 4.79 Å². The Labute approximate surface area is 142 Å². The van der Waals surface area contributed by atoms with Gasteiger partial charge in [-0.25, -0.2) is 4.98 Å². The Kier molecular flexibility index (Phi) is 4.69. The highest BCUT2D eigenvalue weighted by atomic mass is 16.2. The lowest BCUT2D eigenvalue weighted by Crippen LogP contribution is -2.41. The Balaban J connectivity index is 1.64. The summed E-state index contributed by atoms with van der Waals surface area (Å²) in [4.78, 5) is 19.2. The number of likely N-dealkylation sites (tertiary alicyclic amines) is 1. The van der Waals surface area contributed by atoms with E-state index in [-0.39, 0.29) is 11.9 Å². The number of carbonyl (C=O) groups excluding carboxylic acids is 1. The maximum atomic E-state index is 12.9. The lowest BCUT2D eigenvalue weighted by atomic mass is 9.95. The van der Waals surface area contributed by atoms with Gasteiger partial charge in [0.25, 0.3) is 0 Å². The van der Waals surface area contributed by atoms with Crippen LogP contribution in [0.5, 0.6) is 0 Å². The Morgan fingerprint density at radius 1 is 1.25 bits per heavy atom. The molecule has 2 aromatic heterocycles. The molecule has 1 unspecified atom stereocenters. The Hall–Kier alpha value is -2.18. The summed E-state index contributed by atoms with van der Waals surface area (Å²) in [6.07, 6.45) is 7.29. The average molecular weight is 330 g/mol. The van der Waals surface area contributed by atoms with E-state index in [0.29, 0.717) is 11.8 Å². The number of imidazole rings is 1. The standard InChI is InChI=1S/C17H26N6O/c1-12(2)15-18-7-10-23(15)13(3)17(24)22-8-5-14(6-9-22)16-20-19-11-21(16)4/h7,10-14H,5-6,8-9H2,1-4H3. The molecule has 0 bridgehead atoms. The first-order valence-corrected chi connectivity index (χ1v) is 8.64. The van der Waals surface area contributed by atoms with E-state index in [1.807, 2.05) is 34.2 Å². The van der Waals surface area contributed by atoms with Gasteiger partial charge in [0.15, 0.2) is 0 Å². The van der Waals surface area contributed by atoms with Crippen LogP contribution in [0.15, 0.2) is 18.7 Å². The van der Waals surface area contributed by atoms with E-state index < -0.39 is 0 Å². The first kappa shape index (κ1) is 16.7. The molecule has 0 saturated carbocycles. The summed E-state index contributed by atoms with van der Waals surface area (Å²) >= 11 is 0. The molecule has 1 aliphatic heterocycles. The van der Waals surface area contributed by atoms with Gasteiger partial charge >= 0.3 is 0 Å². The predicted octanol–water partition coefficient (Wildman–Crippen LogP) is 2.10. The topological polar surface area (TPSA) is 68.8 Å². The SMILES string of the molecule is CC(C)c1nccn1C(C)C(=O)N1CCC(c2nncn2C)CC1. The van der Waals surface area contributed by atoms with Crippen molar-refractivity contribution in [3.8, 4) is 0 Å². The van der Waals surface area contributed by atoms with E-state index >= 15 is 0 Å². The fourth-order valence-corrected chi connectivity index (χ4v) is 3.50. The highest BCUT2D eigenvalue weighted by Crippen LogP contribution is 2.28. The second-order valence-electron chi connectivity index (χ2n) is 6.92. The third kappa shape index (κ3) is 3.07. The van der Waals surface area contributed by atoms with E-state index in [2.05, 4.69) is 29.0 Å². The highest BCUT2D eigenvalue weighted by molar-refractivity contribution is 5.80. The van der Waals surface area contributed by atoms with Crippen molar-refractivity contribution in [1.29, 1.82) is 0 Å². The van der Waals surface area contributed by atoms with Crippen LogP contribution < -0.4 is 0 Å². The summed E-state index contributed by atoms with van der Waals surface area (Å²) in [5, 5.41) is 8.17. The number of piperidine rings is 1. The van der Waals surface area contributed by atoms with Gasteiger partial charge in [-0.1, -0.05) is 13.8 Å². The minimum absolute atomic E-state index is 0.173. The van der Waals surface area contributed by atoms with Crippen LogP contribution in [-0.2, 0) is 11.8 Å². The van der Waals surface area contributed by atoms with Crippen molar-refractivity contribution in [3.63, 3.8) is 0 Å². The number of hydrogen-bond donors (Lipinski definition) is 0. The van der Waals surface area contributed by atoms with Crippen LogP contribution in [0.2, 0.25) is 0 Å². The first-order valence-electron chi connectivity index (χ1n) is 8.64. The fraction of sp³-hybridized carbons (Fsp3) is 0.647. The van der Waals surface area contributed by atoms with Gasteiger partial charge in [0.2, 0.25) is 5.91 Å². The molecule has 24 heavy (non-hydrogen) atoms. The van der Waals surface area contributed by atoms with Crippen LogP contribution in [0.4, 0.5) is 0 Å². The molecule has 130 valence electrons. The molecule has 1 aliphatic rings. The largest absolute Gasteiger partial charge is 0.341 e. The molecule has 0 N–H and O–H groups in total. The molecule has 1 fully saturated rings. The molecule has 0 spiro atoms. The summed E-state index contributed by atoms with van der Waals surface area (Å²) in [6.45, 7) is 7.70. The molecular weight excluding hydrogens is 304 g/mol. The summed E-state index contributed by atoms with van der Waals surface area (Å²) in [6, 6.07) is -0.212. The zero-order valence-electron chi connectivity index (χ0n) is 14.9. The third-order valence-electron chi connectivity index (χ3n) is 4.91. The summed E-state index contributed by atoms with van der Waals surface area (Å²) in [5.41, 5.74) is 0. The van der Waals surface area contributed by atoms with Crippen molar-refractivity contribution in [2.24, 2.45) is 7.05 Å². The second kappa shape index (κ2) is 6.75. The molecule has 0 aliphatic carbocycles. The van der Waals surface area contributed by atoms with Crippen molar-refractivity contribution in [2.75, 3.05) is 13.1 Å². The van der Waals surface area contributed by atoms with Crippen LogP contribution in [0, 0.1) is 0 Å². The summed E-state index contributed by atoms with van der Waals surface area (Å²) in [7, 11) is 1.97. The van der Waals surface area contributed by atoms with Crippen molar-refractivity contribution in [3.05, 3.63) is 30.4 Å². The van der Waals surface area contributed by atoms with Crippen molar-refractivity contribution in [1.82, 2.24) is 29.2 Å². The zero-order chi connectivity index (χ0) is 17.3. The maximum absolute atomic E-state index is 12.9. The van der Waals surface area contributed by atoms with E-state index in [4.69, 9.17) is 0 Å².